The Hall–Kier alpha value is -1.19. The molecular formula is C15H21F3IN3O. The van der Waals surface area contributed by atoms with Gasteiger partial charge >= 0.3 is 6.36 Å². The number of hydrogen-bond acceptors (Lipinski definition) is 2. The van der Waals surface area contributed by atoms with Crippen LogP contribution < -0.4 is 15.4 Å². The lowest BCUT2D eigenvalue weighted by atomic mass is 10.1. The monoisotopic (exact) mass is 443 g/mol. The van der Waals surface area contributed by atoms with Gasteiger partial charge in [-0.25, -0.2) is 0 Å². The van der Waals surface area contributed by atoms with Gasteiger partial charge in [-0.2, -0.15) is 0 Å². The van der Waals surface area contributed by atoms with E-state index in [0.717, 1.165) is 18.1 Å². The number of guanidine groups is 1. The first kappa shape index (κ1) is 19.9. The van der Waals surface area contributed by atoms with E-state index in [2.05, 4.69) is 20.4 Å². The summed E-state index contributed by atoms with van der Waals surface area (Å²) in [7, 11) is 0. The molecule has 1 aromatic rings. The van der Waals surface area contributed by atoms with Crippen LogP contribution in [-0.4, -0.2) is 31.5 Å². The largest absolute Gasteiger partial charge is 0.573 e. The van der Waals surface area contributed by atoms with Crippen LogP contribution in [0.3, 0.4) is 0 Å². The normalized spacial score (nSPS) is 14.9. The number of ether oxygens (including phenoxy) is 1. The quantitative estimate of drug-likeness (QED) is 0.402. The molecule has 0 heterocycles. The highest BCUT2D eigenvalue weighted by Crippen LogP contribution is 2.22. The van der Waals surface area contributed by atoms with Gasteiger partial charge in [0, 0.05) is 19.1 Å². The van der Waals surface area contributed by atoms with Gasteiger partial charge in [0.1, 0.15) is 5.75 Å². The Morgan fingerprint density at radius 3 is 2.43 bits per heavy atom. The third-order valence-electron chi connectivity index (χ3n) is 3.09. The standard InChI is InChI=1S/C15H20F3N3O.HI/c1-2-19-14(21-12-5-6-12)20-10-9-11-3-7-13(8-4-11)22-15(16,17)18;/h3-4,7-8,12H,2,5-6,9-10H2,1H3,(H2,19,20,21);1H. The molecule has 0 unspecified atom stereocenters. The van der Waals surface area contributed by atoms with Crippen LogP contribution in [0.4, 0.5) is 13.2 Å². The molecule has 0 spiro atoms. The molecule has 0 atom stereocenters. The van der Waals surface area contributed by atoms with E-state index >= 15 is 0 Å². The van der Waals surface area contributed by atoms with Crippen molar-refractivity contribution in [3.05, 3.63) is 29.8 Å². The second-order valence-corrected chi connectivity index (χ2v) is 5.12. The molecule has 1 aliphatic rings. The van der Waals surface area contributed by atoms with E-state index in [-0.39, 0.29) is 29.7 Å². The second kappa shape index (κ2) is 9.19. The zero-order valence-electron chi connectivity index (χ0n) is 12.8. The molecule has 130 valence electrons. The Kier molecular flexibility index (Phi) is 7.93. The van der Waals surface area contributed by atoms with Crippen molar-refractivity contribution in [3.63, 3.8) is 0 Å². The molecule has 0 saturated heterocycles. The molecule has 0 amide bonds. The molecule has 2 N–H and O–H groups in total. The van der Waals surface area contributed by atoms with Gasteiger partial charge in [0.15, 0.2) is 5.96 Å². The first-order chi connectivity index (χ1) is 10.5. The van der Waals surface area contributed by atoms with E-state index in [9.17, 15) is 13.2 Å². The summed E-state index contributed by atoms with van der Waals surface area (Å²) >= 11 is 0. The highest BCUT2D eigenvalue weighted by atomic mass is 127. The second-order valence-electron chi connectivity index (χ2n) is 5.12. The van der Waals surface area contributed by atoms with Crippen LogP contribution in [0.2, 0.25) is 0 Å². The number of alkyl halides is 3. The Bertz CT molecular complexity index is 502. The van der Waals surface area contributed by atoms with Crippen LogP contribution >= 0.6 is 24.0 Å². The van der Waals surface area contributed by atoms with Crippen LogP contribution in [-0.2, 0) is 6.42 Å². The van der Waals surface area contributed by atoms with Gasteiger partial charge in [-0.3, -0.25) is 4.99 Å². The molecule has 4 nitrogen and oxygen atoms in total. The maximum Gasteiger partial charge on any atom is 0.573 e. The Morgan fingerprint density at radius 2 is 1.91 bits per heavy atom. The van der Waals surface area contributed by atoms with Crippen molar-refractivity contribution < 1.29 is 17.9 Å². The SMILES string of the molecule is CCNC(=NCCc1ccc(OC(F)(F)F)cc1)NC1CC1.I. The summed E-state index contributed by atoms with van der Waals surface area (Å²) in [5.74, 6) is 0.588. The van der Waals surface area contributed by atoms with E-state index in [1.54, 1.807) is 12.1 Å². The summed E-state index contributed by atoms with van der Waals surface area (Å²) in [6, 6.07) is 6.41. The number of halogens is 4. The number of nitrogens with zero attached hydrogens (tertiary/aromatic N) is 1. The predicted molar refractivity (Wildman–Crippen MR) is 94.4 cm³/mol. The zero-order valence-corrected chi connectivity index (χ0v) is 15.2. The van der Waals surface area contributed by atoms with E-state index in [4.69, 9.17) is 0 Å². The first-order valence-corrected chi connectivity index (χ1v) is 7.36. The van der Waals surface area contributed by atoms with Crippen molar-refractivity contribution in [2.24, 2.45) is 4.99 Å². The van der Waals surface area contributed by atoms with Crippen LogP contribution in [0.15, 0.2) is 29.3 Å². The molecule has 1 aliphatic carbocycles. The summed E-state index contributed by atoms with van der Waals surface area (Å²) in [5, 5.41) is 6.48. The fraction of sp³-hybridized carbons (Fsp3) is 0.533. The smallest absolute Gasteiger partial charge is 0.406 e. The van der Waals surface area contributed by atoms with E-state index in [1.165, 1.54) is 25.0 Å². The Labute approximate surface area is 150 Å². The third kappa shape index (κ3) is 8.29. The number of nitrogens with one attached hydrogen (secondary N) is 2. The predicted octanol–water partition coefficient (Wildman–Crippen LogP) is 3.46. The van der Waals surface area contributed by atoms with Gasteiger partial charge in [-0.05, 0) is 43.9 Å². The maximum atomic E-state index is 12.1. The molecule has 1 fully saturated rings. The molecule has 2 rings (SSSR count). The molecule has 0 radical (unpaired) electrons. The topological polar surface area (TPSA) is 45.7 Å². The number of benzene rings is 1. The molecular weight excluding hydrogens is 422 g/mol. The summed E-state index contributed by atoms with van der Waals surface area (Å²) in [6.45, 7) is 3.37. The van der Waals surface area contributed by atoms with Crippen molar-refractivity contribution in [2.75, 3.05) is 13.1 Å². The lowest BCUT2D eigenvalue weighted by Gasteiger charge is -2.10. The van der Waals surface area contributed by atoms with Gasteiger partial charge in [-0.15, -0.1) is 37.1 Å². The van der Waals surface area contributed by atoms with E-state index in [1.807, 2.05) is 6.92 Å². The summed E-state index contributed by atoms with van der Waals surface area (Å²) in [5.41, 5.74) is 0.917. The van der Waals surface area contributed by atoms with Crippen molar-refractivity contribution >= 4 is 29.9 Å². The van der Waals surface area contributed by atoms with Crippen LogP contribution in [0, 0.1) is 0 Å². The molecule has 0 bridgehead atoms. The molecule has 0 aliphatic heterocycles. The van der Waals surface area contributed by atoms with E-state index < -0.39 is 6.36 Å². The Balaban J connectivity index is 0.00000264. The Morgan fingerprint density at radius 1 is 1.26 bits per heavy atom. The van der Waals surface area contributed by atoms with Crippen molar-refractivity contribution in [3.8, 4) is 5.75 Å². The van der Waals surface area contributed by atoms with Gasteiger partial charge in [0.25, 0.3) is 0 Å². The van der Waals surface area contributed by atoms with Gasteiger partial charge in [0.2, 0.25) is 0 Å². The van der Waals surface area contributed by atoms with Gasteiger partial charge in [-0.1, -0.05) is 12.1 Å². The lowest BCUT2D eigenvalue weighted by molar-refractivity contribution is -0.274. The zero-order chi connectivity index (χ0) is 16.0. The van der Waals surface area contributed by atoms with Crippen LogP contribution in [0.1, 0.15) is 25.3 Å². The van der Waals surface area contributed by atoms with E-state index in [0.29, 0.717) is 19.0 Å². The minimum absolute atomic E-state index is 0. The van der Waals surface area contributed by atoms with Crippen molar-refractivity contribution in [1.82, 2.24) is 10.6 Å². The van der Waals surface area contributed by atoms with Crippen molar-refractivity contribution in [2.45, 2.75) is 38.6 Å². The molecule has 1 aromatic carbocycles. The molecule has 8 heteroatoms. The fourth-order valence-corrected chi connectivity index (χ4v) is 1.90. The highest BCUT2D eigenvalue weighted by Gasteiger charge is 2.30. The van der Waals surface area contributed by atoms with Gasteiger partial charge in [0.05, 0.1) is 0 Å². The summed E-state index contributed by atoms with van der Waals surface area (Å²) < 4.78 is 40.0. The number of rotatable bonds is 6. The molecule has 0 aromatic heterocycles. The molecule has 23 heavy (non-hydrogen) atoms. The molecule has 1 saturated carbocycles. The number of hydrogen-bond donors (Lipinski definition) is 2. The maximum absolute atomic E-state index is 12.1. The average Bonchev–Trinajstić information content (AvgIpc) is 3.23. The van der Waals surface area contributed by atoms with Gasteiger partial charge < -0.3 is 15.4 Å². The number of aliphatic imine (C=N–C) groups is 1. The third-order valence-corrected chi connectivity index (χ3v) is 3.09. The first-order valence-electron chi connectivity index (χ1n) is 7.36. The minimum Gasteiger partial charge on any atom is -0.406 e. The summed E-state index contributed by atoms with van der Waals surface area (Å²) in [4.78, 5) is 4.45. The lowest BCUT2D eigenvalue weighted by Crippen LogP contribution is -2.38. The summed E-state index contributed by atoms with van der Waals surface area (Å²) in [6.07, 6.45) is -1.65. The minimum atomic E-state index is -4.65. The van der Waals surface area contributed by atoms with Crippen molar-refractivity contribution in [1.29, 1.82) is 0 Å². The van der Waals surface area contributed by atoms with Crippen LogP contribution in [0.25, 0.3) is 0 Å². The highest BCUT2D eigenvalue weighted by molar-refractivity contribution is 14.0. The average molecular weight is 443 g/mol. The fourth-order valence-electron chi connectivity index (χ4n) is 1.90. The van der Waals surface area contributed by atoms with Crippen LogP contribution in [0.5, 0.6) is 5.75 Å².